The zero-order valence-electron chi connectivity index (χ0n) is 25.1. The van der Waals surface area contributed by atoms with Crippen molar-refractivity contribution in [3.63, 3.8) is 0 Å². The van der Waals surface area contributed by atoms with Crippen molar-refractivity contribution in [2.75, 3.05) is 0 Å². The third kappa shape index (κ3) is 8.42. The zero-order chi connectivity index (χ0) is 35.5. The lowest BCUT2D eigenvalue weighted by atomic mass is 10.0. The molecule has 0 bridgehead atoms. The second kappa shape index (κ2) is 14.9. The first-order valence-corrected chi connectivity index (χ1v) is 18.3. The van der Waals surface area contributed by atoms with Gasteiger partial charge in [0, 0.05) is 24.7 Å². The SMILES string of the molecule is O=C(O)c1cc(S(=O)(=O)NCc2cccc(CN(Cc3ccc(-c4ccccc4)cc3)S(=O)(=O)c3cc(Cl)cc(Cl)c3O)c2)c(F)cc1Cl. The molecule has 254 valence electrons. The van der Waals surface area contributed by atoms with Crippen molar-refractivity contribution < 1.29 is 36.2 Å². The van der Waals surface area contributed by atoms with Crippen LogP contribution in [0, 0.1) is 5.82 Å². The first kappa shape index (κ1) is 36.3. The molecule has 0 spiro atoms. The maximum Gasteiger partial charge on any atom is 0.337 e. The summed E-state index contributed by atoms with van der Waals surface area (Å²) in [5.74, 6) is -3.44. The number of phenols is 1. The maximum atomic E-state index is 14.5. The van der Waals surface area contributed by atoms with Crippen LogP contribution in [-0.4, -0.2) is 37.3 Å². The molecule has 0 aliphatic heterocycles. The number of rotatable bonds is 12. The zero-order valence-corrected chi connectivity index (χ0v) is 29.0. The van der Waals surface area contributed by atoms with E-state index in [0.717, 1.165) is 21.5 Å². The van der Waals surface area contributed by atoms with Crippen LogP contribution >= 0.6 is 34.8 Å². The minimum atomic E-state index is -4.54. The first-order chi connectivity index (χ1) is 23.2. The molecule has 0 aromatic heterocycles. The van der Waals surface area contributed by atoms with E-state index in [0.29, 0.717) is 28.8 Å². The number of carboxylic acid groups (broad SMARTS) is 1. The number of nitrogens with one attached hydrogen (secondary N) is 1. The van der Waals surface area contributed by atoms with Crippen LogP contribution in [0.3, 0.4) is 0 Å². The van der Waals surface area contributed by atoms with Gasteiger partial charge in [0.1, 0.15) is 15.6 Å². The van der Waals surface area contributed by atoms with Crippen LogP contribution < -0.4 is 4.72 Å². The van der Waals surface area contributed by atoms with Crippen molar-refractivity contribution in [3.8, 4) is 16.9 Å². The molecule has 0 saturated heterocycles. The summed E-state index contributed by atoms with van der Waals surface area (Å²) in [5.41, 5.74) is 2.77. The van der Waals surface area contributed by atoms with E-state index in [9.17, 15) is 36.2 Å². The Bertz CT molecular complexity index is 2260. The molecule has 0 unspecified atom stereocenters. The third-order valence-electron chi connectivity index (χ3n) is 7.39. The summed E-state index contributed by atoms with van der Waals surface area (Å²) in [6.07, 6.45) is 0. The van der Waals surface area contributed by atoms with E-state index in [1.807, 2.05) is 42.5 Å². The first-order valence-electron chi connectivity index (χ1n) is 14.3. The molecule has 9 nitrogen and oxygen atoms in total. The Balaban J connectivity index is 1.44. The molecule has 0 aliphatic carbocycles. The van der Waals surface area contributed by atoms with Crippen molar-refractivity contribution >= 4 is 60.8 Å². The van der Waals surface area contributed by atoms with E-state index in [1.54, 1.807) is 36.4 Å². The molecule has 5 aromatic rings. The lowest BCUT2D eigenvalue weighted by molar-refractivity contribution is 0.0696. The van der Waals surface area contributed by atoms with Crippen molar-refractivity contribution in [2.45, 2.75) is 29.4 Å². The lowest BCUT2D eigenvalue weighted by Gasteiger charge is -2.24. The van der Waals surface area contributed by atoms with E-state index in [1.165, 1.54) is 6.07 Å². The van der Waals surface area contributed by atoms with Gasteiger partial charge in [-0.15, -0.1) is 0 Å². The number of halogens is 4. The van der Waals surface area contributed by atoms with Crippen molar-refractivity contribution in [1.29, 1.82) is 0 Å². The Morgan fingerprint density at radius 1 is 0.714 bits per heavy atom. The van der Waals surface area contributed by atoms with Gasteiger partial charge in [0.25, 0.3) is 0 Å². The number of carbonyl (C=O) groups is 1. The topological polar surface area (TPSA) is 141 Å². The number of hydrogen-bond acceptors (Lipinski definition) is 6. The molecule has 5 rings (SSSR count). The van der Waals surface area contributed by atoms with E-state index >= 15 is 0 Å². The van der Waals surface area contributed by atoms with Gasteiger partial charge >= 0.3 is 5.97 Å². The highest BCUT2D eigenvalue weighted by molar-refractivity contribution is 7.89. The molecule has 0 aliphatic rings. The quantitative estimate of drug-likeness (QED) is 0.118. The summed E-state index contributed by atoms with van der Waals surface area (Å²) in [7, 11) is -8.98. The highest BCUT2D eigenvalue weighted by Gasteiger charge is 2.30. The number of aromatic carboxylic acids is 1. The fraction of sp³-hybridized carbons (Fsp3) is 0.0882. The lowest BCUT2D eigenvalue weighted by Crippen LogP contribution is -2.30. The Kier molecular flexibility index (Phi) is 11.0. The van der Waals surface area contributed by atoms with Gasteiger partial charge in [-0.25, -0.2) is 30.7 Å². The second-order valence-corrected chi connectivity index (χ2v) is 15.7. The normalized spacial score (nSPS) is 11.9. The molecule has 0 heterocycles. The molecule has 5 aromatic carbocycles. The Morgan fingerprint density at radius 3 is 2.02 bits per heavy atom. The Hall–Kier alpha value is -4.01. The average Bonchev–Trinajstić information content (AvgIpc) is 3.06. The maximum absolute atomic E-state index is 14.5. The summed E-state index contributed by atoms with van der Waals surface area (Å²) >= 11 is 17.9. The van der Waals surface area contributed by atoms with Crippen LogP contribution in [0.4, 0.5) is 4.39 Å². The van der Waals surface area contributed by atoms with Crippen molar-refractivity contribution in [2.24, 2.45) is 0 Å². The highest BCUT2D eigenvalue weighted by atomic mass is 35.5. The average molecular weight is 764 g/mol. The largest absolute Gasteiger partial charge is 0.505 e. The van der Waals surface area contributed by atoms with Gasteiger partial charge in [-0.2, -0.15) is 4.31 Å². The van der Waals surface area contributed by atoms with E-state index in [2.05, 4.69) is 4.72 Å². The molecule has 0 saturated carbocycles. The van der Waals surface area contributed by atoms with Gasteiger partial charge in [-0.1, -0.05) is 114 Å². The van der Waals surface area contributed by atoms with Crippen LogP contribution in [0.15, 0.2) is 113 Å². The summed E-state index contributed by atoms with van der Waals surface area (Å²) in [6, 6.07) is 26.8. The number of aromatic hydroxyl groups is 1. The van der Waals surface area contributed by atoms with Crippen LogP contribution in [0.25, 0.3) is 11.1 Å². The third-order valence-corrected chi connectivity index (χ3v) is 11.4. The minimum absolute atomic E-state index is 0.00424. The van der Waals surface area contributed by atoms with Gasteiger partial charge in [0.2, 0.25) is 20.0 Å². The molecule has 0 fully saturated rings. The molecule has 0 amide bonds. The molecule has 0 atom stereocenters. The smallest absolute Gasteiger partial charge is 0.337 e. The monoisotopic (exact) mass is 762 g/mol. The number of benzene rings is 5. The van der Waals surface area contributed by atoms with Crippen molar-refractivity contribution in [3.05, 3.63) is 146 Å². The predicted molar refractivity (Wildman–Crippen MR) is 185 cm³/mol. The standard InChI is InChI=1S/C34H26Cl3FN2O7S2/c35-26-14-29(37)33(41)32(15-26)49(46,47)40(19-21-9-11-25(12-10-21)24-7-2-1-3-8-24)20-23-6-4-5-22(13-23)18-39-48(44,45)31-16-27(34(42)43)28(36)17-30(31)38/h1-17,39,41H,18-20H2,(H,42,43). The van der Waals surface area contributed by atoms with Gasteiger partial charge < -0.3 is 10.2 Å². The summed E-state index contributed by atoms with van der Waals surface area (Å²) < 4.78 is 71.9. The Labute approximate surface area is 297 Å². The molecular formula is C34H26Cl3FN2O7S2. The summed E-state index contributed by atoms with van der Waals surface area (Å²) in [6.45, 7) is -0.695. The number of hydrogen-bond donors (Lipinski definition) is 3. The van der Waals surface area contributed by atoms with Gasteiger partial charge in [-0.05, 0) is 52.1 Å². The van der Waals surface area contributed by atoms with Crippen LogP contribution in [0.2, 0.25) is 15.1 Å². The Morgan fingerprint density at radius 2 is 1.35 bits per heavy atom. The van der Waals surface area contributed by atoms with Gasteiger partial charge in [-0.3, -0.25) is 0 Å². The number of sulfonamides is 2. The fourth-order valence-electron chi connectivity index (χ4n) is 4.94. The van der Waals surface area contributed by atoms with Gasteiger partial charge in [0.05, 0.1) is 15.6 Å². The fourth-order valence-corrected chi connectivity index (χ4v) is 8.43. The highest BCUT2D eigenvalue weighted by Crippen LogP contribution is 2.37. The molecular weight excluding hydrogens is 738 g/mol. The number of carboxylic acids is 1. The minimum Gasteiger partial charge on any atom is -0.505 e. The predicted octanol–water partition coefficient (Wildman–Crippen LogP) is 7.73. The van der Waals surface area contributed by atoms with Crippen LogP contribution in [0.1, 0.15) is 27.0 Å². The summed E-state index contributed by atoms with van der Waals surface area (Å²) in [4.78, 5) is 10.0. The molecule has 15 heteroatoms. The molecule has 0 radical (unpaired) electrons. The molecule has 49 heavy (non-hydrogen) atoms. The van der Waals surface area contributed by atoms with E-state index in [-0.39, 0.29) is 29.7 Å². The molecule has 3 N–H and O–H groups in total. The second-order valence-electron chi connectivity index (χ2n) is 10.8. The summed E-state index contributed by atoms with van der Waals surface area (Å²) in [5, 5.41) is 19.2. The van der Waals surface area contributed by atoms with E-state index in [4.69, 9.17) is 34.8 Å². The van der Waals surface area contributed by atoms with Crippen LogP contribution in [-0.2, 0) is 39.7 Å². The van der Waals surface area contributed by atoms with Gasteiger partial charge in [0.15, 0.2) is 5.75 Å². The van der Waals surface area contributed by atoms with E-state index < -0.39 is 58.0 Å². The number of phenolic OH excluding ortho intramolecular Hbond substituents is 1. The van der Waals surface area contributed by atoms with Crippen LogP contribution in [0.5, 0.6) is 5.75 Å². The van der Waals surface area contributed by atoms with Crippen molar-refractivity contribution in [1.82, 2.24) is 9.03 Å². The number of nitrogens with zero attached hydrogens (tertiary/aromatic N) is 1.